The molecule has 0 aliphatic heterocycles. The van der Waals surface area contributed by atoms with Gasteiger partial charge < -0.3 is 0 Å². The number of hydrogen-bond acceptors (Lipinski definition) is 1. The predicted octanol–water partition coefficient (Wildman–Crippen LogP) is 3.84. The molecule has 0 saturated carbocycles. The van der Waals surface area contributed by atoms with Gasteiger partial charge in [0.15, 0.2) is 0 Å². The molecule has 0 nitrogen and oxygen atoms in total. The molecule has 13 heavy (non-hydrogen) atoms. The lowest BCUT2D eigenvalue weighted by molar-refractivity contribution is 0.969. The van der Waals surface area contributed by atoms with Crippen molar-refractivity contribution in [2.75, 3.05) is 5.75 Å². The molecule has 71 valence electrons. The highest BCUT2D eigenvalue weighted by Crippen LogP contribution is 2.14. The molecule has 0 saturated heterocycles. The Balaban J connectivity index is 2.25. The van der Waals surface area contributed by atoms with Crippen molar-refractivity contribution < 1.29 is 0 Å². The summed E-state index contributed by atoms with van der Waals surface area (Å²) in [6.07, 6.45) is 2.29. The second-order valence-corrected chi connectivity index (χ2v) is 4.35. The van der Waals surface area contributed by atoms with E-state index in [2.05, 4.69) is 38.1 Å². The zero-order valence-corrected chi connectivity index (χ0v) is 9.07. The molecule has 0 unspecified atom stereocenters. The summed E-state index contributed by atoms with van der Waals surface area (Å²) in [4.78, 5) is 0. The van der Waals surface area contributed by atoms with E-state index in [4.69, 9.17) is 0 Å². The topological polar surface area (TPSA) is 0 Å². The first-order valence-electron chi connectivity index (χ1n) is 4.75. The molecule has 0 fully saturated rings. The predicted molar refractivity (Wildman–Crippen MR) is 61.9 cm³/mol. The van der Waals surface area contributed by atoms with Crippen LogP contribution < -0.4 is 0 Å². The maximum atomic E-state index is 3.83. The zero-order chi connectivity index (χ0) is 9.52. The van der Waals surface area contributed by atoms with Gasteiger partial charge in [0.2, 0.25) is 0 Å². The highest BCUT2D eigenvalue weighted by atomic mass is 32.2. The van der Waals surface area contributed by atoms with Gasteiger partial charge in [0, 0.05) is 5.75 Å². The van der Waals surface area contributed by atoms with E-state index in [1.807, 2.05) is 11.8 Å². The van der Waals surface area contributed by atoms with Crippen molar-refractivity contribution in [1.29, 1.82) is 0 Å². The van der Waals surface area contributed by atoms with Crippen LogP contribution in [0.25, 0.3) is 0 Å². The van der Waals surface area contributed by atoms with Gasteiger partial charge in [-0.2, -0.15) is 11.8 Å². The third-order valence-electron chi connectivity index (χ3n) is 1.93. The molecule has 0 bridgehead atoms. The van der Waals surface area contributed by atoms with Gasteiger partial charge in [-0.3, -0.25) is 0 Å². The van der Waals surface area contributed by atoms with Gasteiger partial charge in [-0.05, 0) is 24.7 Å². The average Bonchev–Trinajstić information content (AvgIpc) is 2.15. The lowest BCUT2D eigenvalue weighted by Crippen LogP contribution is -1.83. The monoisotopic (exact) mass is 193 g/mol. The Labute approximate surface area is 85.7 Å². The molecule has 1 aromatic carbocycles. The summed E-state index contributed by atoms with van der Waals surface area (Å²) >= 11 is 2.00. The van der Waals surface area contributed by atoms with Crippen LogP contribution in [0.3, 0.4) is 0 Å². The molecule has 1 aromatic rings. The van der Waals surface area contributed by atoms with Gasteiger partial charge in [-0.25, -0.2) is 0 Å². The van der Waals surface area contributed by atoms with E-state index in [9.17, 15) is 0 Å². The van der Waals surface area contributed by atoms with E-state index in [-0.39, 0.29) is 0 Å². The molecule has 0 heterocycles. The van der Waals surface area contributed by atoms with E-state index in [0.717, 1.165) is 12.2 Å². The van der Waals surface area contributed by atoms with Gasteiger partial charge in [0.25, 0.3) is 0 Å². The summed E-state index contributed by atoms with van der Waals surface area (Å²) < 4.78 is 0. The Bertz CT molecular complexity index is 225. The molecule has 0 spiro atoms. The fraction of sp³-hybridized carbons (Fsp3) is 0.417. The summed E-state index contributed by atoms with van der Waals surface area (Å²) in [6.45, 7) is 5.95. The Morgan fingerprint density at radius 1 is 1.23 bits per heavy atom. The second-order valence-electron chi connectivity index (χ2n) is 3.25. The van der Waals surface area contributed by atoms with Crippen molar-refractivity contribution in [2.24, 2.45) is 0 Å². The van der Waals surface area contributed by atoms with Crippen molar-refractivity contribution >= 4 is 11.8 Å². The minimum atomic E-state index is 1.06. The number of hydrogen-bond donors (Lipinski definition) is 0. The number of unbranched alkanes of at least 4 members (excludes halogenated alkanes) is 1. The lowest BCUT2D eigenvalue weighted by atomic mass is 10.2. The lowest BCUT2D eigenvalue weighted by Gasteiger charge is -2.01. The van der Waals surface area contributed by atoms with Gasteiger partial charge in [-0.15, -0.1) is 0 Å². The van der Waals surface area contributed by atoms with Crippen LogP contribution in [0.5, 0.6) is 0 Å². The Kier molecular flexibility index (Phi) is 4.99. The first-order chi connectivity index (χ1) is 6.33. The second kappa shape index (κ2) is 6.09. The Morgan fingerprint density at radius 3 is 2.54 bits per heavy atom. The molecule has 0 aliphatic carbocycles. The van der Waals surface area contributed by atoms with Gasteiger partial charge >= 0.3 is 0 Å². The summed E-state index contributed by atoms with van der Waals surface area (Å²) in [7, 11) is 0. The third kappa shape index (κ3) is 4.37. The van der Waals surface area contributed by atoms with Gasteiger partial charge in [0.05, 0.1) is 0 Å². The molecule has 1 rings (SSSR count). The van der Waals surface area contributed by atoms with Crippen molar-refractivity contribution in [2.45, 2.75) is 25.5 Å². The van der Waals surface area contributed by atoms with Crippen molar-refractivity contribution in [3.63, 3.8) is 0 Å². The van der Waals surface area contributed by atoms with Crippen LogP contribution in [0.1, 0.15) is 24.0 Å². The summed E-state index contributed by atoms with van der Waals surface area (Å²) in [5.41, 5.74) is 2.77. The molecule has 1 radical (unpaired) electrons. The van der Waals surface area contributed by atoms with Crippen LogP contribution in [0, 0.1) is 13.8 Å². The highest BCUT2D eigenvalue weighted by Gasteiger charge is 1.92. The first kappa shape index (κ1) is 10.6. The molecule has 1 heteroatoms. The Hall–Kier alpha value is -0.430. The highest BCUT2D eigenvalue weighted by molar-refractivity contribution is 7.98. The molecular weight excluding hydrogens is 176 g/mol. The van der Waals surface area contributed by atoms with Crippen molar-refractivity contribution in [3.8, 4) is 0 Å². The molecule has 0 aliphatic rings. The van der Waals surface area contributed by atoms with E-state index in [0.29, 0.717) is 0 Å². The number of aryl methyl sites for hydroxylation is 1. The molecule has 0 atom stereocenters. The SMILES string of the molecule is [CH2]CCCSCc1ccc(C)cc1. The van der Waals surface area contributed by atoms with Crippen LogP contribution in [0.2, 0.25) is 0 Å². The third-order valence-corrected chi connectivity index (χ3v) is 3.04. The number of rotatable bonds is 5. The molecule has 0 N–H and O–H groups in total. The summed E-state index contributed by atoms with van der Waals surface area (Å²) in [5, 5.41) is 0. The summed E-state index contributed by atoms with van der Waals surface area (Å²) in [6, 6.07) is 8.79. The van der Waals surface area contributed by atoms with Gasteiger partial charge in [-0.1, -0.05) is 43.2 Å². The normalized spacial score (nSPS) is 10.3. The molecule has 0 aromatic heterocycles. The Morgan fingerprint density at radius 2 is 1.92 bits per heavy atom. The van der Waals surface area contributed by atoms with Crippen molar-refractivity contribution in [1.82, 2.24) is 0 Å². The standard InChI is InChI=1S/C12H17S/c1-3-4-9-13-10-12-7-5-11(2)6-8-12/h5-8H,1,3-4,9-10H2,2H3. The quantitative estimate of drug-likeness (QED) is 0.640. The zero-order valence-electron chi connectivity index (χ0n) is 8.25. The average molecular weight is 193 g/mol. The minimum Gasteiger partial charge on any atom is -0.157 e. The fourth-order valence-corrected chi connectivity index (χ4v) is 2.06. The van der Waals surface area contributed by atoms with Crippen LogP contribution in [0.4, 0.5) is 0 Å². The molecular formula is C12H17S. The van der Waals surface area contributed by atoms with Crippen molar-refractivity contribution in [3.05, 3.63) is 42.3 Å². The van der Waals surface area contributed by atoms with E-state index >= 15 is 0 Å². The maximum absolute atomic E-state index is 3.83. The number of benzene rings is 1. The minimum absolute atomic E-state index is 1.06. The van der Waals surface area contributed by atoms with E-state index < -0.39 is 0 Å². The van der Waals surface area contributed by atoms with Crippen LogP contribution in [-0.2, 0) is 5.75 Å². The largest absolute Gasteiger partial charge is 0.157 e. The fourth-order valence-electron chi connectivity index (χ4n) is 1.08. The van der Waals surface area contributed by atoms with E-state index in [1.165, 1.54) is 23.3 Å². The number of thioether (sulfide) groups is 1. The molecule has 0 amide bonds. The van der Waals surface area contributed by atoms with Crippen LogP contribution in [0.15, 0.2) is 24.3 Å². The summed E-state index contributed by atoms with van der Waals surface area (Å²) in [5.74, 6) is 2.37. The van der Waals surface area contributed by atoms with Crippen LogP contribution >= 0.6 is 11.8 Å². The van der Waals surface area contributed by atoms with Gasteiger partial charge in [0.1, 0.15) is 0 Å². The first-order valence-corrected chi connectivity index (χ1v) is 5.91. The smallest absolute Gasteiger partial charge is 0.0184 e. The van der Waals surface area contributed by atoms with Crippen LogP contribution in [-0.4, -0.2) is 5.75 Å². The maximum Gasteiger partial charge on any atom is 0.0184 e. The van der Waals surface area contributed by atoms with E-state index in [1.54, 1.807) is 0 Å².